The lowest BCUT2D eigenvalue weighted by Crippen LogP contribution is -2.62. The molecule has 7 nitrogen and oxygen atoms in total. The monoisotopic (exact) mass is 386 g/mol. The van der Waals surface area contributed by atoms with Gasteiger partial charge in [-0.25, -0.2) is 4.39 Å². The molecular formula is C20H23FN4O3. The molecule has 2 aromatic rings. The molecule has 8 heteroatoms. The van der Waals surface area contributed by atoms with Crippen molar-refractivity contribution in [3.63, 3.8) is 0 Å². The molecule has 28 heavy (non-hydrogen) atoms. The highest BCUT2D eigenvalue weighted by Crippen LogP contribution is 2.32. The van der Waals surface area contributed by atoms with Gasteiger partial charge in [-0.15, -0.1) is 0 Å². The number of likely N-dealkylation sites (tertiary alicyclic amines) is 1. The summed E-state index contributed by atoms with van der Waals surface area (Å²) in [4.78, 5) is 28.8. The number of benzene rings is 1. The number of rotatable bonds is 2. The van der Waals surface area contributed by atoms with Gasteiger partial charge in [-0.2, -0.15) is 5.10 Å². The van der Waals surface area contributed by atoms with E-state index in [4.69, 9.17) is 4.74 Å². The van der Waals surface area contributed by atoms with E-state index in [9.17, 15) is 14.0 Å². The zero-order chi connectivity index (χ0) is 19.9. The number of aryl methyl sites for hydroxylation is 2. The Morgan fingerprint density at radius 1 is 1.25 bits per heavy atom. The average molecular weight is 386 g/mol. The van der Waals surface area contributed by atoms with Crippen molar-refractivity contribution in [2.45, 2.75) is 25.4 Å². The molecule has 1 aromatic carbocycles. The first kappa shape index (κ1) is 18.6. The van der Waals surface area contributed by atoms with Crippen molar-refractivity contribution >= 4 is 17.5 Å². The second-order valence-corrected chi connectivity index (χ2v) is 7.56. The van der Waals surface area contributed by atoms with Gasteiger partial charge in [0.15, 0.2) is 0 Å². The van der Waals surface area contributed by atoms with Crippen LogP contribution >= 0.6 is 0 Å². The van der Waals surface area contributed by atoms with E-state index in [1.165, 1.54) is 12.1 Å². The zero-order valence-electron chi connectivity index (χ0n) is 16.0. The average Bonchev–Trinajstić information content (AvgIpc) is 3.02. The minimum Gasteiger partial charge on any atom is -0.361 e. The highest BCUT2D eigenvalue weighted by Gasteiger charge is 2.44. The first-order chi connectivity index (χ1) is 13.4. The number of halogens is 1. The van der Waals surface area contributed by atoms with Crippen LogP contribution < -0.4 is 4.90 Å². The molecule has 148 valence electrons. The van der Waals surface area contributed by atoms with E-state index in [1.54, 1.807) is 39.9 Å². The van der Waals surface area contributed by atoms with Gasteiger partial charge in [0.2, 0.25) is 0 Å². The second-order valence-electron chi connectivity index (χ2n) is 7.56. The molecule has 1 spiro atoms. The number of hydrogen-bond acceptors (Lipinski definition) is 4. The summed E-state index contributed by atoms with van der Waals surface area (Å²) in [6, 6.07) is 5.87. The molecule has 2 aliphatic heterocycles. The Morgan fingerprint density at radius 2 is 2.00 bits per heavy atom. The van der Waals surface area contributed by atoms with Crippen LogP contribution in [-0.4, -0.2) is 58.3 Å². The van der Waals surface area contributed by atoms with E-state index in [1.807, 2.05) is 6.92 Å². The number of nitrogens with zero attached hydrogens (tertiary/aromatic N) is 4. The Bertz CT molecular complexity index is 911. The maximum absolute atomic E-state index is 13.3. The highest BCUT2D eigenvalue weighted by molar-refractivity contribution is 5.96. The lowest BCUT2D eigenvalue weighted by Gasteiger charge is -2.47. The van der Waals surface area contributed by atoms with Crippen LogP contribution in [0.2, 0.25) is 0 Å². The fourth-order valence-electron chi connectivity index (χ4n) is 4.07. The van der Waals surface area contributed by atoms with Gasteiger partial charge in [-0.1, -0.05) is 0 Å². The summed E-state index contributed by atoms with van der Waals surface area (Å²) in [5, 5.41) is 4.25. The van der Waals surface area contributed by atoms with E-state index < -0.39 is 5.60 Å². The normalized spacial score (nSPS) is 22.8. The number of hydrogen-bond donors (Lipinski definition) is 0. The number of amides is 2. The minimum absolute atomic E-state index is 0.0503. The third-order valence-electron chi connectivity index (χ3n) is 5.46. The van der Waals surface area contributed by atoms with Crippen LogP contribution in [-0.2, 0) is 16.6 Å². The molecule has 1 aromatic heterocycles. The molecule has 0 aliphatic carbocycles. The van der Waals surface area contributed by atoms with Gasteiger partial charge in [0.05, 0.1) is 24.3 Å². The molecule has 0 radical (unpaired) electrons. The SMILES string of the molecule is Cc1nn(C)cc1C(=O)N1CCCC2(C1)CN(c1ccc(F)cc1)C(=O)CO2. The summed E-state index contributed by atoms with van der Waals surface area (Å²) < 4.78 is 20.9. The van der Waals surface area contributed by atoms with Crippen molar-refractivity contribution in [3.05, 3.63) is 47.5 Å². The second kappa shape index (κ2) is 7.01. The van der Waals surface area contributed by atoms with E-state index in [-0.39, 0.29) is 24.2 Å². The van der Waals surface area contributed by atoms with Crippen molar-refractivity contribution in [1.82, 2.24) is 14.7 Å². The molecule has 1 unspecified atom stereocenters. The third-order valence-corrected chi connectivity index (χ3v) is 5.46. The maximum Gasteiger partial charge on any atom is 0.257 e. The number of carbonyl (C=O) groups is 2. The van der Waals surface area contributed by atoms with Crippen molar-refractivity contribution in [3.8, 4) is 0 Å². The fourth-order valence-corrected chi connectivity index (χ4v) is 4.07. The van der Waals surface area contributed by atoms with Gasteiger partial charge < -0.3 is 14.5 Å². The molecule has 4 rings (SSSR count). The minimum atomic E-state index is -0.619. The predicted molar refractivity (Wildman–Crippen MR) is 101 cm³/mol. The molecule has 2 amide bonds. The van der Waals surface area contributed by atoms with Gasteiger partial charge in [0, 0.05) is 25.5 Å². The highest BCUT2D eigenvalue weighted by atomic mass is 19.1. The Balaban J connectivity index is 1.55. The quantitative estimate of drug-likeness (QED) is 0.791. The fraction of sp³-hybridized carbons (Fsp3) is 0.450. The van der Waals surface area contributed by atoms with Crippen LogP contribution in [0.5, 0.6) is 0 Å². The third kappa shape index (κ3) is 3.40. The number of piperidine rings is 1. The summed E-state index contributed by atoms with van der Waals surface area (Å²) in [6.45, 7) is 3.16. The van der Waals surface area contributed by atoms with Crippen LogP contribution in [0.4, 0.5) is 10.1 Å². The molecule has 3 heterocycles. The van der Waals surface area contributed by atoms with Gasteiger partial charge in [0.1, 0.15) is 18.0 Å². The Hall–Kier alpha value is -2.74. The predicted octanol–water partition coefficient (Wildman–Crippen LogP) is 1.91. The lowest BCUT2D eigenvalue weighted by molar-refractivity contribution is -0.144. The van der Waals surface area contributed by atoms with Crippen LogP contribution in [0.3, 0.4) is 0 Å². The van der Waals surface area contributed by atoms with Gasteiger partial charge >= 0.3 is 0 Å². The Kier molecular flexibility index (Phi) is 4.66. The Morgan fingerprint density at radius 3 is 2.68 bits per heavy atom. The summed E-state index contributed by atoms with van der Waals surface area (Å²) >= 11 is 0. The molecule has 0 bridgehead atoms. The smallest absolute Gasteiger partial charge is 0.257 e. The number of aromatic nitrogens is 2. The first-order valence-corrected chi connectivity index (χ1v) is 9.36. The van der Waals surface area contributed by atoms with Crippen molar-refractivity contribution < 1.29 is 18.7 Å². The molecule has 1 atom stereocenters. The van der Waals surface area contributed by atoms with Crippen molar-refractivity contribution in [2.75, 3.05) is 31.1 Å². The molecule has 0 N–H and O–H groups in total. The zero-order valence-corrected chi connectivity index (χ0v) is 16.0. The summed E-state index contributed by atoms with van der Waals surface area (Å²) in [5.74, 6) is -0.581. The van der Waals surface area contributed by atoms with Crippen molar-refractivity contribution in [1.29, 1.82) is 0 Å². The molecule has 2 fully saturated rings. The van der Waals surface area contributed by atoms with E-state index in [0.29, 0.717) is 36.6 Å². The molecular weight excluding hydrogens is 363 g/mol. The number of carbonyl (C=O) groups excluding carboxylic acids is 2. The Labute approximate surface area is 162 Å². The summed E-state index contributed by atoms with van der Waals surface area (Å²) in [5.41, 5.74) is 1.30. The summed E-state index contributed by atoms with van der Waals surface area (Å²) in [7, 11) is 1.79. The molecule has 2 aliphatic rings. The summed E-state index contributed by atoms with van der Waals surface area (Å²) in [6.07, 6.45) is 3.28. The molecule has 0 saturated carbocycles. The van der Waals surface area contributed by atoms with Crippen LogP contribution in [0.1, 0.15) is 28.9 Å². The van der Waals surface area contributed by atoms with E-state index in [0.717, 1.165) is 12.8 Å². The van der Waals surface area contributed by atoms with Gasteiger partial charge in [-0.3, -0.25) is 14.3 Å². The lowest BCUT2D eigenvalue weighted by atomic mass is 9.90. The van der Waals surface area contributed by atoms with Crippen LogP contribution in [0, 0.1) is 12.7 Å². The van der Waals surface area contributed by atoms with Crippen LogP contribution in [0.15, 0.2) is 30.5 Å². The van der Waals surface area contributed by atoms with Crippen LogP contribution in [0.25, 0.3) is 0 Å². The van der Waals surface area contributed by atoms with Gasteiger partial charge in [0.25, 0.3) is 11.8 Å². The number of ether oxygens (including phenoxy) is 1. The van der Waals surface area contributed by atoms with E-state index in [2.05, 4.69) is 5.10 Å². The van der Waals surface area contributed by atoms with E-state index >= 15 is 0 Å². The number of anilines is 1. The molecule has 2 saturated heterocycles. The number of morpholine rings is 1. The standard InChI is InChI=1S/C20H23FN4O3/c1-14-17(10-23(2)22-14)19(27)24-9-3-8-20(12-24)13-25(18(26)11-28-20)16-6-4-15(21)5-7-16/h4-7,10H,3,8-9,11-13H2,1-2H3. The van der Waals surface area contributed by atoms with Gasteiger partial charge in [-0.05, 0) is 44.0 Å². The largest absolute Gasteiger partial charge is 0.361 e. The van der Waals surface area contributed by atoms with Crippen molar-refractivity contribution in [2.24, 2.45) is 7.05 Å². The maximum atomic E-state index is 13.3. The topological polar surface area (TPSA) is 67.7 Å². The first-order valence-electron chi connectivity index (χ1n) is 9.36.